The summed E-state index contributed by atoms with van der Waals surface area (Å²) in [6.07, 6.45) is 0. The molecule has 0 radical (unpaired) electrons. The Balaban J connectivity index is 2.66. The van der Waals surface area contributed by atoms with Crippen LogP contribution in [0.5, 0.6) is 0 Å². The van der Waals surface area contributed by atoms with Crippen LogP contribution in [0.25, 0.3) is 0 Å². The summed E-state index contributed by atoms with van der Waals surface area (Å²) in [6, 6.07) is 3.51. The van der Waals surface area contributed by atoms with E-state index in [1.807, 2.05) is 0 Å². The Kier molecular flexibility index (Phi) is 2.92. The molecule has 2 rings (SSSR count). The number of hydrogen-bond donors (Lipinski definition) is 1. The van der Waals surface area contributed by atoms with Gasteiger partial charge in [-0.15, -0.1) is 4.40 Å². The lowest BCUT2D eigenvalue weighted by molar-refractivity contribution is 0.329. The third kappa shape index (κ3) is 2.11. The number of ether oxygens (including phenoxy) is 1. The Labute approximate surface area is 104 Å². The molecule has 1 aliphatic heterocycles. The van der Waals surface area contributed by atoms with Crippen molar-refractivity contribution in [3.8, 4) is 0 Å². The average molecular weight is 290 g/mol. The maximum Gasteiger partial charge on any atom is 0.286 e. The minimum Gasteiger partial charge on any atom is -0.477 e. The highest BCUT2D eigenvalue weighted by Gasteiger charge is 2.31. The van der Waals surface area contributed by atoms with Gasteiger partial charge in [0.15, 0.2) is 0 Å². The van der Waals surface area contributed by atoms with Gasteiger partial charge in [0, 0.05) is 0 Å². The Morgan fingerprint density at radius 1 is 1.39 bits per heavy atom. The third-order valence-electron chi connectivity index (χ3n) is 2.27. The number of primary sulfonamides is 1. The number of nitrogens with zero attached hydrogens (tertiary/aromatic N) is 1. The van der Waals surface area contributed by atoms with Crippen molar-refractivity contribution in [1.29, 1.82) is 0 Å². The molecular weight excluding hydrogens is 280 g/mol. The van der Waals surface area contributed by atoms with Gasteiger partial charge in [0.2, 0.25) is 15.9 Å². The van der Waals surface area contributed by atoms with Gasteiger partial charge in [-0.25, -0.2) is 13.6 Å². The van der Waals surface area contributed by atoms with Crippen molar-refractivity contribution in [1.82, 2.24) is 0 Å². The minimum atomic E-state index is -3.96. The van der Waals surface area contributed by atoms with E-state index in [1.165, 1.54) is 12.1 Å². The highest BCUT2D eigenvalue weighted by molar-refractivity contribution is 7.91. The van der Waals surface area contributed by atoms with Crippen LogP contribution < -0.4 is 5.14 Å². The largest absolute Gasteiger partial charge is 0.477 e. The van der Waals surface area contributed by atoms with E-state index in [2.05, 4.69) is 4.40 Å². The maximum atomic E-state index is 11.7. The first-order valence-electron chi connectivity index (χ1n) is 4.90. The lowest BCUT2D eigenvalue weighted by Crippen LogP contribution is -2.13. The van der Waals surface area contributed by atoms with E-state index < -0.39 is 20.0 Å². The van der Waals surface area contributed by atoms with Crippen LogP contribution in [-0.2, 0) is 24.8 Å². The normalized spacial score (nSPS) is 17.1. The summed E-state index contributed by atoms with van der Waals surface area (Å²) in [7, 11) is -7.88. The zero-order valence-corrected chi connectivity index (χ0v) is 11.0. The van der Waals surface area contributed by atoms with Gasteiger partial charge in [0.05, 0.1) is 17.1 Å². The Morgan fingerprint density at radius 2 is 2.06 bits per heavy atom. The summed E-state index contributed by atoms with van der Waals surface area (Å²) >= 11 is 0. The second-order valence-electron chi connectivity index (χ2n) is 3.51. The Hall–Kier alpha value is -1.45. The van der Waals surface area contributed by atoms with E-state index >= 15 is 0 Å². The van der Waals surface area contributed by atoms with Crippen molar-refractivity contribution in [3.05, 3.63) is 23.8 Å². The number of hydrogen-bond acceptors (Lipinski definition) is 5. The first-order valence-corrected chi connectivity index (χ1v) is 7.89. The molecule has 2 N–H and O–H groups in total. The molecule has 0 saturated heterocycles. The molecule has 0 saturated carbocycles. The van der Waals surface area contributed by atoms with Crippen molar-refractivity contribution in [2.45, 2.75) is 16.7 Å². The summed E-state index contributed by atoms with van der Waals surface area (Å²) < 4.78 is 54.3. The molecule has 0 bridgehead atoms. The molecule has 7 nitrogen and oxygen atoms in total. The lowest BCUT2D eigenvalue weighted by Gasteiger charge is -2.04. The molecule has 0 amide bonds. The second-order valence-corrected chi connectivity index (χ2v) is 6.64. The molecule has 0 spiro atoms. The van der Waals surface area contributed by atoms with Gasteiger partial charge in [-0.2, -0.15) is 8.42 Å². The zero-order valence-electron chi connectivity index (χ0n) is 9.32. The Morgan fingerprint density at radius 3 is 2.61 bits per heavy atom. The highest BCUT2D eigenvalue weighted by Crippen LogP contribution is 2.28. The first kappa shape index (κ1) is 13.0. The highest BCUT2D eigenvalue weighted by atomic mass is 32.2. The van der Waals surface area contributed by atoms with Crippen molar-refractivity contribution < 1.29 is 21.6 Å². The standard InChI is InChI=1S/C9H10N2O5S2/c1-2-16-9-7-4-3-6(17(10,12)13)5-8(7)18(14,15)11-9/h3-5H,2H2,1H3,(H2,10,12,13). The summed E-state index contributed by atoms with van der Waals surface area (Å²) in [5, 5.41) is 4.94. The fraction of sp³-hybridized carbons (Fsp3) is 0.222. The van der Waals surface area contributed by atoms with Gasteiger partial charge in [-0.3, -0.25) is 0 Å². The summed E-state index contributed by atoms with van der Waals surface area (Å²) in [4.78, 5) is -0.491. The van der Waals surface area contributed by atoms with Gasteiger partial charge in [0.25, 0.3) is 10.0 Å². The van der Waals surface area contributed by atoms with Crippen LogP contribution in [0.4, 0.5) is 0 Å². The maximum absolute atomic E-state index is 11.7. The van der Waals surface area contributed by atoms with Crippen LogP contribution in [-0.4, -0.2) is 29.3 Å². The molecule has 1 aromatic rings. The number of rotatable bonds is 2. The third-order valence-corrected chi connectivity index (χ3v) is 4.48. The molecule has 1 aromatic carbocycles. The van der Waals surface area contributed by atoms with Gasteiger partial charge in [-0.1, -0.05) is 0 Å². The van der Waals surface area contributed by atoms with E-state index in [0.717, 1.165) is 6.07 Å². The van der Waals surface area contributed by atoms with E-state index in [-0.39, 0.29) is 27.9 Å². The van der Waals surface area contributed by atoms with Gasteiger partial charge in [-0.05, 0) is 25.1 Å². The van der Waals surface area contributed by atoms with Crippen LogP contribution in [0.2, 0.25) is 0 Å². The molecule has 98 valence electrons. The van der Waals surface area contributed by atoms with Crippen molar-refractivity contribution in [2.24, 2.45) is 9.54 Å². The molecule has 0 unspecified atom stereocenters. The zero-order chi connectivity index (χ0) is 13.6. The molecule has 9 heteroatoms. The fourth-order valence-corrected chi connectivity index (χ4v) is 3.31. The topological polar surface area (TPSA) is 116 Å². The van der Waals surface area contributed by atoms with Crippen LogP contribution in [0.15, 0.2) is 32.4 Å². The summed E-state index contributed by atoms with van der Waals surface area (Å²) in [6.45, 7) is 1.94. The molecule has 1 heterocycles. The molecule has 0 fully saturated rings. The molecule has 0 aliphatic carbocycles. The van der Waals surface area contributed by atoms with Crippen molar-refractivity contribution in [2.75, 3.05) is 6.61 Å². The predicted octanol–water partition coefficient (Wildman–Crippen LogP) is -0.181. The van der Waals surface area contributed by atoms with Crippen molar-refractivity contribution >= 4 is 25.9 Å². The number of sulfonamides is 2. The average Bonchev–Trinajstić information content (AvgIpc) is 2.50. The van der Waals surface area contributed by atoms with Crippen LogP contribution in [0.1, 0.15) is 12.5 Å². The number of fused-ring (bicyclic) bond motifs is 1. The smallest absolute Gasteiger partial charge is 0.286 e. The molecular formula is C9H10N2O5S2. The minimum absolute atomic E-state index is 0.0338. The summed E-state index contributed by atoms with van der Waals surface area (Å²) in [5.41, 5.74) is 0.240. The van der Waals surface area contributed by atoms with E-state index in [9.17, 15) is 16.8 Å². The van der Waals surface area contributed by atoms with Crippen LogP contribution in [0.3, 0.4) is 0 Å². The molecule has 0 aromatic heterocycles. The molecule has 1 aliphatic rings. The monoisotopic (exact) mass is 290 g/mol. The van der Waals surface area contributed by atoms with Crippen LogP contribution >= 0.6 is 0 Å². The first-order chi connectivity index (χ1) is 8.25. The van der Waals surface area contributed by atoms with E-state index in [1.54, 1.807) is 6.92 Å². The number of benzene rings is 1. The predicted molar refractivity (Wildman–Crippen MR) is 63.2 cm³/mol. The molecule has 0 atom stereocenters. The SMILES string of the molecule is CCOC1=NS(=O)(=O)c2cc(S(N)(=O)=O)ccc21. The van der Waals surface area contributed by atoms with E-state index in [4.69, 9.17) is 9.88 Å². The lowest BCUT2D eigenvalue weighted by atomic mass is 10.2. The van der Waals surface area contributed by atoms with Gasteiger partial charge >= 0.3 is 0 Å². The second kappa shape index (κ2) is 4.04. The fourth-order valence-electron chi connectivity index (χ4n) is 1.52. The van der Waals surface area contributed by atoms with Crippen molar-refractivity contribution in [3.63, 3.8) is 0 Å². The number of nitrogens with two attached hydrogens (primary N) is 1. The quantitative estimate of drug-likeness (QED) is 0.811. The van der Waals surface area contributed by atoms with Crippen LogP contribution in [0, 0.1) is 0 Å². The summed E-state index contributed by atoms with van der Waals surface area (Å²) in [5.74, 6) is -0.0338. The Bertz CT molecular complexity index is 734. The van der Waals surface area contributed by atoms with E-state index in [0.29, 0.717) is 0 Å². The van der Waals surface area contributed by atoms with Gasteiger partial charge < -0.3 is 4.74 Å². The molecule has 18 heavy (non-hydrogen) atoms. The van der Waals surface area contributed by atoms with Gasteiger partial charge in [0.1, 0.15) is 4.90 Å².